The van der Waals surface area contributed by atoms with E-state index in [1.807, 2.05) is 118 Å². The van der Waals surface area contributed by atoms with Crippen molar-refractivity contribution in [3.63, 3.8) is 0 Å². The SMILES string of the molecule is COc1ccc(CC(=O)Nc2ccc(C(C)=NNC(=O)c3cc(-c4ccc(C)cc4)nc4ccc(C)cc34)cc2)cc1. The standard InChI is InChI=1S/C35H32N4O3/c1-22-5-10-27(11-6-22)33-21-31(30-19-23(2)7-18-32(30)37-33)35(41)39-38-24(3)26-12-14-28(15-13-26)36-34(40)20-25-8-16-29(42-4)17-9-25/h5-19,21H,20H2,1-4H3,(H,36,40)(H,39,41). The Hall–Kier alpha value is -5.30. The number of rotatable bonds is 8. The van der Waals surface area contributed by atoms with Crippen LogP contribution < -0.4 is 15.5 Å². The zero-order valence-electron chi connectivity index (χ0n) is 24.1. The van der Waals surface area contributed by atoms with E-state index in [0.29, 0.717) is 17.0 Å². The first kappa shape index (κ1) is 28.2. The lowest BCUT2D eigenvalue weighted by molar-refractivity contribution is -0.115. The third-order valence-corrected chi connectivity index (χ3v) is 6.99. The van der Waals surface area contributed by atoms with Gasteiger partial charge < -0.3 is 10.1 Å². The number of nitrogens with zero attached hydrogens (tertiary/aromatic N) is 2. The number of carbonyl (C=O) groups excluding carboxylic acids is 2. The average Bonchev–Trinajstić information content (AvgIpc) is 3.00. The van der Waals surface area contributed by atoms with Crippen molar-refractivity contribution < 1.29 is 14.3 Å². The highest BCUT2D eigenvalue weighted by Crippen LogP contribution is 2.26. The Morgan fingerprint density at radius 2 is 1.52 bits per heavy atom. The number of fused-ring (bicyclic) bond motifs is 1. The van der Waals surface area contributed by atoms with Crippen molar-refractivity contribution in [3.8, 4) is 17.0 Å². The maximum atomic E-state index is 13.4. The molecule has 0 aliphatic heterocycles. The molecule has 5 aromatic rings. The number of benzene rings is 4. The van der Waals surface area contributed by atoms with Gasteiger partial charge in [-0.05, 0) is 74.4 Å². The van der Waals surface area contributed by atoms with E-state index < -0.39 is 0 Å². The summed E-state index contributed by atoms with van der Waals surface area (Å²) in [6, 6.07) is 30.5. The van der Waals surface area contributed by atoms with Crippen molar-refractivity contribution in [1.82, 2.24) is 10.4 Å². The number of hydrazone groups is 1. The number of ether oxygens (including phenoxy) is 1. The van der Waals surface area contributed by atoms with Crippen molar-refractivity contribution in [1.29, 1.82) is 0 Å². The molecule has 0 bridgehead atoms. The predicted molar refractivity (Wildman–Crippen MR) is 168 cm³/mol. The largest absolute Gasteiger partial charge is 0.497 e. The number of aryl methyl sites for hydroxylation is 2. The third kappa shape index (κ3) is 6.70. The zero-order chi connectivity index (χ0) is 29.6. The minimum absolute atomic E-state index is 0.115. The summed E-state index contributed by atoms with van der Waals surface area (Å²) in [5.41, 5.74) is 10.9. The van der Waals surface area contributed by atoms with Gasteiger partial charge in [-0.2, -0.15) is 5.10 Å². The van der Waals surface area contributed by atoms with Crippen LogP contribution in [0, 0.1) is 13.8 Å². The minimum atomic E-state index is -0.317. The molecular weight excluding hydrogens is 524 g/mol. The molecule has 0 aliphatic carbocycles. The fourth-order valence-electron chi connectivity index (χ4n) is 4.59. The molecule has 0 atom stereocenters. The highest BCUT2D eigenvalue weighted by molar-refractivity contribution is 6.08. The van der Waals surface area contributed by atoms with Gasteiger partial charge in [0.25, 0.3) is 5.91 Å². The molecule has 4 aromatic carbocycles. The van der Waals surface area contributed by atoms with Gasteiger partial charge in [-0.25, -0.2) is 10.4 Å². The summed E-state index contributed by atoms with van der Waals surface area (Å²) in [5.74, 6) is 0.317. The van der Waals surface area contributed by atoms with Gasteiger partial charge in [0.2, 0.25) is 5.91 Å². The van der Waals surface area contributed by atoms with Gasteiger partial charge in [-0.15, -0.1) is 0 Å². The van der Waals surface area contributed by atoms with E-state index in [1.165, 1.54) is 0 Å². The molecule has 0 spiro atoms. The number of pyridine rings is 1. The van der Waals surface area contributed by atoms with Crippen LogP contribution in [0.2, 0.25) is 0 Å². The Labute approximate surface area is 245 Å². The van der Waals surface area contributed by atoms with Crippen LogP contribution in [0.4, 0.5) is 5.69 Å². The summed E-state index contributed by atoms with van der Waals surface area (Å²) in [5, 5.41) is 8.06. The summed E-state index contributed by atoms with van der Waals surface area (Å²) < 4.78 is 5.16. The van der Waals surface area contributed by atoms with Crippen LogP contribution in [0.5, 0.6) is 5.75 Å². The second kappa shape index (κ2) is 12.5. The number of anilines is 1. The topological polar surface area (TPSA) is 92.7 Å². The first-order valence-electron chi connectivity index (χ1n) is 13.7. The van der Waals surface area contributed by atoms with E-state index in [-0.39, 0.29) is 18.2 Å². The van der Waals surface area contributed by atoms with Crippen LogP contribution in [-0.4, -0.2) is 29.6 Å². The molecule has 210 valence electrons. The second-order valence-electron chi connectivity index (χ2n) is 10.2. The minimum Gasteiger partial charge on any atom is -0.497 e. The number of methoxy groups -OCH3 is 1. The first-order chi connectivity index (χ1) is 20.3. The molecule has 42 heavy (non-hydrogen) atoms. The predicted octanol–water partition coefficient (Wildman–Crippen LogP) is 6.86. The fraction of sp³-hybridized carbons (Fsp3) is 0.143. The van der Waals surface area contributed by atoms with Crippen LogP contribution in [0.3, 0.4) is 0 Å². The molecule has 1 heterocycles. The van der Waals surface area contributed by atoms with Crippen LogP contribution in [0.25, 0.3) is 22.2 Å². The summed E-state index contributed by atoms with van der Waals surface area (Å²) in [4.78, 5) is 30.7. The molecule has 1 aromatic heterocycles. The number of nitrogens with one attached hydrogen (secondary N) is 2. The molecule has 7 heteroatoms. The van der Waals surface area contributed by atoms with Gasteiger partial charge in [0, 0.05) is 16.6 Å². The Morgan fingerprint density at radius 3 is 2.21 bits per heavy atom. The lowest BCUT2D eigenvalue weighted by atomic mass is 10.0. The molecule has 2 amide bonds. The zero-order valence-corrected chi connectivity index (χ0v) is 24.1. The van der Waals surface area contributed by atoms with Crippen molar-refractivity contribution in [3.05, 3.63) is 125 Å². The number of hydrogen-bond acceptors (Lipinski definition) is 5. The van der Waals surface area contributed by atoms with Gasteiger partial charge in [0.1, 0.15) is 5.75 Å². The molecular formula is C35H32N4O3. The Morgan fingerprint density at radius 1 is 0.833 bits per heavy atom. The Kier molecular flexibility index (Phi) is 8.39. The Bertz CT molecular complexity index is 1780. The molecule has 0 aliphatic rings. The molecule has 2 N–H and O–H groups in total. The van der Waals surface area contributed by atoms with Crippen LogP contribution in [0.1, 0.15) is 39.5 Å². The van der Waals surface area contributed by atoms with Crippen LogP contribution in [0.15, 0.2) is 102 Å². The van der Waals surface area contributed by atoms with Crippen LogP contribution in [-0.2, 0) is 11.2 Å². The number of carbonyl (C=O) groups is 2. The maximum Gasteiger partial charge on any atom is 0.272 e. The summed E-state index contributed by atoms with van der Waals surface area (Å²) in [6.45, 7) is 5.85. The van der Waals surface area contributed by atoms with Crippen molar-refractivity contribution in [2.75, 3.05) is 12.4 Å². The summed E-state index contributed by atoms with van der Waals surface area (Å²) in [7, 11) is 1.61. The van der Waals surface area contributed by atoms with Gasteiger partial charge >= 0.3 is 0 Å². The molecule has 7 nitrogen and oxygen atoms in total. The highest BCUT2D eigenvalue weighted by Gasteiger charge is 2.15. The molecule has 0 fully saturated rings. The van der Waals surface area contributed by atoms with Crippen molar-refractivity contribution in [2.45, 2.75) is 27.2 Å². The summed E-state index contributed by atoms with van der Waals surface area (Å²) >= 11 is 0. The van der Waals surface area contributed by atoms with E-state index in [9.17, 15) is 9.59 Å². The third-order valence-electron chi connectivity index (χ3n) is 6.99. The Balaban J connectivity index is 1.29. The van der Waals surface area contributed by atoms with Gasteiger partial charge in [-0.3, -0.25) is 9.59 Å². The molecule has 0 radical (unpaired) electrons. The monoisotopic (exact) mass is 556 g/mol. The van der Waals surface area contributed by atoms with Crippen molar-refractivity contribution >= 4 is 34.1 Å². The maximum absolute atomic E-state index is 13.4. The quantitative estimate of drug-likeness (QED) is 0.161. The number of aromatic nitrogens is 1. The van der Waals surface area contributed by atoms with E-state index in [1.54, 1.807) is 7.11 Å². The molecule has 0 unspecified atom stereocenters. The van der Waals surface area contributed by atoms with E-state index >= 15 is 0 Å². The number of amides is 2. The smallest absolute Gasteiger partial charge is 0.272 e. The van der Waals surface area contributed by atoms with Crippen LogP contribution >= 0.6 is 0 Å². The van der Waals surface area contributed by atoms with Gasteiger partial charge in [0.15, 0.2) is 0 Å². The van der Waals surface area contributed by atoms with Gasteiger partial charge in [-0.1, -0.05) is 65.7 Å². The first-order valence-corrected chi connectivity index (χ1v) is 13.7. The lowest BCUT2D eigenvalue weighted by Crippen LogP contribution is -2.20. The van der Waals surface area contributed by atoms with E-state index in [2.05, 4.69) is 15.8 Å². The average molecular weight is 557 g/mol. The molecule has 5 rings (SSSR count). The van der Waals surface area contributed by atoms with Crippen molar-refractivity contribution in [2.24, 2.45) is 5.10 Å². The normalized spacial score (nSPS) is 11.3. The van der Waals surface area contributed by atoms with E-state index in [4.69, 9.17) is 9.72 Å². The van der Waals surface area contributed by atoms with E-state index in [0.717, 1.165) is 50.2 Å². The molecule has 0 saturated heterocycles. The lowest BCUT2D eigenvalue weighted by Gasteiger charge is -2.11. The highest BCUT2D eigenvalue weighted by atomic mass is 16.5. The number of hydrogen-bond donors (Lipinski definition) is 2. The second-order valence-corrected chi connectivity index (χ2v) is 10.2. The molecule has 0 saturated carbocycles. The summed E-state index contributed by atoms with van der Waals surface area (Å²) in [6.07, 6.45) is 0.257. The van der Waals surface area contributed by atoms with Gasteiger partial charge in [0.05, 0.1) is 36.0 Å². The fourth-order valence-corrected chi connectivity index (χ4v) is 4.59.